The van der Waals surface area contributed by atoms with Gasteiger partial charge in [-0.25, -0.2) is 0 Å². The van der Waals surface area contributed by atoms with Gasteiger partial charge < -0.3 is 4.90 Å². The van der Waals surface area contributed by atoms with E-state index < -0.39 is 0 Å². The van der Waals surface area contributed by atoms with E-state index in [0.29, 0.717) is 0 Å². The van der Waals surface area contributed by atoms with Crippen molar-refractivity contribution in [1.29, 1.82) is 0 Å². The Morgan fingerprint density at radius 3 is 2.70 bits per heavy atom. The second-order valence-electron chi connectivity index (χ2n) is 5.66. The summed E-state index contributed by atoms with van der Waals surface area (Å²) in [5.41, 5.74) is 3.74. The molecule has 0 spiro atoms. The lowest BCUT2D eigenvalue weighted by atomic mass is 10.1. The van der Waals surface area contributed by atoms with Crippen LogP contribution in [0.2, 0.25) is 0 Å². The van der Waals surface area contributed by atoms with E-state index >= 15 is 0 Å². The Labute approximate surface area is 141 Å². The topological polar surface area (TPSA) is 31.9 Å². The molecule has 1 N–H and O–H groups in total. The van der Waals surface area contributed by atoms with Gasteiger partial charge in [-0.2, -0.15) is 5.10 Å². The third-order valence-electron chi connectivity index (χ3n) is 3.88. The lowest BCUT2D eigenvalue weighted by molar-refractivity contribution is 0.816. The SMILES string of the molecule is C=C(CCc1ccc(C)cc1)N(Cc1cccs1)c1ccn[nH]1. The first-order valence-corrected chi connectivity index (χ1v) is 8.63. The van der Waals surface area contributed by atoms with Crippen molar-refractivity contribution >= 4 is 17.2 Å². The quantitative estimate of drug-likeness (QED) is 0.668. The number of nitrogens with zero attached hydrogens (tertiary/aromatic N) is 2. The Bertz CT molecular complexity index is 728. The first-order chi connectivity index (χ1) is 11.2. The third kappa shape index (κ3) is 4.11. The maximum absolute atomic E-state index is 4.31. The van der Waals surface area contributed by atoms with Crippen LogP contribution in [0.15, 0.2) is 66.3 Å². The summed E-state index contributed by atoms with van der Waals surface area (Å²) in [6.07, 6.45) is 3.70. The number of aryl methyl sites for hydroxylation is 2. The van der Waals surface area contributed by atoms with Crippen LogP contribution in [-0.4, -0.2) is 10.2 Å². The number of hydrogen-bond acceptors (Lipinski definition) is 3. The number of nitrogens with one attached hydrogen (secondary N) is 1. The molecule has 2 aromatic heterocycles. The minimum Gasteiger partial charge on any atom is -0.326 e. The fraction of sp³-hybridized carbons (Fsp3) is 0.211. The van der Waals surface area contributed by atoms with Crippen molar-refractivity contribution in [3.63, 3.8) is 0 Å². The molecule has 2 heterocycles. The van der Waals surface area contributed by atoms with Gasteiger partial charge in [-0.1, -0.05) is 42.5 Å². The molecule has 3 aromatic rings. The zero-order valence-electron chi connectivity index (χ0n) is 13.3. The molecule has 0 bridgehead atoms. The van der Waals surface area contributed by atoms with E-state index in [4.69, 9.17) is 0 Å². The van der Waals surface area contributed by atoms with Crippen LogP contribution in [0.4, 0.5) is 5.82 Å². The lowest BCUT2D eigenvalue weighted by Gasteiger charge is -2.24. The van der Waals surface area contributed by atoms with Crippen molar-refractivity contribution in [3.05, 3.63) is 82.3 Å². The number of H-pyrrole nitrogens is 1. The molecule has 0 aliphatic heterocycles. The maximum atomic E-state index is 4.31. The second kappa shape index (κ2) is 7.29. The van der Waals surface area contributed by atoms with Crippen molar-refractivity contribution in [3.8, 4) is 0 Å². The zero-order chi connectivity index (χ0) is 16.1. The van der Waals surface area contributed by atoms with Crippen molar-refractivity contribution in [2.75, 3.05) is 4.90 Å². The number of aromatic nitrogens is 2. The lowest BCUT2D eigenvalue weighted by Crippen LogP contribution is -2.21. The van der Waals surface area contributed by atoms with Gasteiger partial charge in [0.2, 0.25) is 0 Å². The Hall–Kier alpha value is -2.33. The van der Waals surface area contributed by atoms with Gasteiger partial charge in [0.25, 0.3) is 0 Å². The summed E-state index contributed by atoms with van der Waals surface area (Å²) < 4.78 is 0. The monoisotopic (exact) mass is 323 g/mol. The minimum atomic E-state index is 0.826. The van der Waals surface area contributed by atoms with Gasteiger partial charge in [0.1, 0.15) is 5.82 Å². The number of allylic oxidation sites excluding steroid dienone is 1. The molecule has 23 heavy (non-hydrogen) atoms. The van der Waals surface area contributed by atoms with Crippen molar-refractivity contribution < 1.29 is 0 Å². The number of anilines is 1. The summed E-state index contributed by atoms with van der Waals surface area (Å²) in [6.45, 7) is 7.25. The third-order valence-corrected chi connectivity index (χ3v) is 4.74. The molecular weight excluding hydrogens is 302 g/mol. The van der Waals surface area contributed by atoms with E-state index in [-0.39, 0.29) is 0 Å². The molecule has 0 saturated carbocycles. The zero-order valence-corrected chi connectivity index (χ0v) is 14.1. The average molecular weight is 323 g/mol. The molecule has 1 aromatic carbocycles. The largest absolute Gasteiger partial charge is 0.326 e. The highest BCUT2D eigenvalue weighted by Crippen LogP contribution is 2.23. The highest BCUT2D eigenvalue weighted by Gasteiger charge is 2.13. The van der Waals surface area contributed by atoms with Crippen molar-refractivity contribution in [2.45, 2.75) is 26.3 Å². The summed E-state index contributed by atoms with van der Waals surface area (Å²) in [5, 5.41) is 9.24. The summed E-state index contributed by atoms with van der Waals surface area (Å²) >= 11 is 1.76. The van der Waals surface area contributed by atoms with Gasteiger partial charge in [0, 0.05) is 16.6 Å². The average Bonchev–Trinajstić information content (AvgIpc) is 3.25. The fourth-order valence-electron chi connectivity index (χ4n) is 2.50. The standard InChI is InChI=1S/C19H21N3S/c1-15-5-8-17(9-6-15)10-7-16(2)22(19-11-12-20-21-19)14-18-4-3-13-23-18/h3-6,8-9,11-13H,2,7,10,14H2,1H3,(H,20,21). The molecule has 0 amide bonds. The molecule has 0 aliphatic carbocycles. The molecular formula is C19H21N3S. The van der Waals surface area contributed by atoms with Crippen LogP contribution in [0.3, 0.4) is 0 Å². The van der Waals surface area contributed by atoms with Gasteiger partial charge in [-0.15, -0.1) is 11.3 Å². The molecule has 0 unspecified atom stereocenters. The highest BCUT2D eigenvalue weighted by molar-refractivity contribution is 7.09. The summed E-state index contributed by atoms with van der Waals surface area (Å²) in [7, 11) is 0. The number of rotatable bonds is 7. The predicted molar refractivity (Wildman–Crippen MR) is 97.7 cm³/mol. The number of thiophene rings is 1. The van der Waals surface area contributed by atoms with Crippen LogP contribution in [-0.2, 0) is 13.0 Å². The molecule has 4 heteroatoms. The van der Waals surface area contributed by atoms with Crippen LogP contribution in [0.1, 0.15) is 22.4 Å². The molecule has 0 atom stereocenters. The summed E-state index contributed by atoms with van der Waals surface area (Å²) in [4.78, 5) is 3.53. The van der Waals surface area contributed by atoms with Gasteiger partial charge in [0.05, 0.1) is 12.7 Å². The van der Waals surface area contributed by atoms with Gasteiger partial charge in [-0.05, 0) is 36.8 Å². The molecule has 0 fully saturated rings. The highest BCUT2D eigenvalue weighted by atomic mass is 32.1. The van der Waals surface area contributed by atoms with Crippen LogP contribution < -0.4 is 4.90 Å². The molecule has 3 rings (SSSR count). The summed E-state index contributed by atoms with van der Waals surface area (Å²) in [6, 6.07) is 14.9. The molecule has 0 aliphatic rings. The van der Waals surface area contributed by atoms with E-state index in [2.05, 4.69) is 70.4 Å². The normalized spacial score (nSPS) is 10.7. The fourth-order valence-corrected chi connectivity index (χ4v) is 3.20. The van der Waals surface area contributed by atoms with E-state index in [1.165, 1.54) is 16.0 Å². The molecule has 3 nitrogen and oxygen atoms in total. The van der Waals surface area contributed by atoms with Gasteiger partial charge in [0.15, 0.2) is 0 Å². The smallest absolute Gasteiger partial charge is 0.128 e. The van der Waals surface area contributed by atoms with Crippen LogP contribution in [0.25, 0.3) is 0 Å². The van der Waals surface area contributed by atoms with E-state index in [9.17, 15) is 0 Å². The molecule has 0 radical (unpaired) electrons. The second-order valence-corrected chi connectivity index (χ2v) is 6.69. The first-order valence-electron chi connectivity index (χ1n) is 7.75. The first kappa shape index (κ1) is 15.6. The van der Waals surface area contributed by atoms with E-state index in [0.717, 1.165) is 30.9 Å². The van der Waals surface area contributed by atoms with Gasteiger partial charge in [-0.3, -0.25) is 5.10 Å². The van der Waals surface area contributed by atoms with Crippen molar-refractivity contribution in [2.24, 2.45) is 0 Å². The minimum absolute atomic E-state index is 0.826. The Morgan fingerprint density at radius 1 is 1.22 bits per heavy atom. The Kier molecular flexibility index (Phi) is 4.93. The molecule has 0 saturated heterocycles. The molecule has 118 valence electrons. The number of hydrogen-bond donors (Lipinski definition) is 1. The Morgan fingerprint density at radius 2 is 2.04 bits per heavy atom. The van der Waals surface area contributed by atoms with Crippen LogP contribution in [0.5, 0.6) is 0 Å². The van der Waals surface area contributed by atoms with Crippen LogP contribution in [0, 0.1) is 6.92 Å². The van der Waals surface area contributed by atoms with E-state index in [1.54, 1.807) is 17.5 Å². The number of aromatic amines is 1. The van der Waals surface area contributed by atoms with Gasteiger partial charge >= 0.3 is 0 Å². The van der Waals surface area contributed by atoms with Crippen LogP contribution >= 0.6 is 11.3 Å². The van der Waals surface area contributed by atoms with Crippen molar-refractivity contribution in [1.82, 2.24) is 10.2 Å². The predicted octanol–water partition coefficient (Wildman–Crippen LogP) is 4.93. The van der Waals surface area contributed by atoms with E-state index in [1.807, 2.05) is 6.07 Å². The Balaban J connectivity index is 1.68. The maximum Gasteiger partial charge on any atom is 0.128 e. The summed E-state index contributed by atoms with van der Waals surface area (Å²) in [5.74, 6) is 0.993. The number of benzene rings is 1.